The molecule has 0 amide bonds. The summed E-state index contributed by atoms with van der Waals surface area (Å²) in [5.74, 6) is 1.87. The first-order valence-corrected chi connectivity index (χ1v) is 23.9. The van der Waals surface area contributed by atoms with Gasteiger partial charge in [-0.15, -0.1) is 11.3 Å². The number of fused-ring (bicyclic) bond motifs is 6. The van der Waals surface area contributed by atoms with Gasteiger partial charge in [0.2, 0.25) is 0 Å². The molecule has 68 heavy (non-hydrogen) atoms. The van der Waals surface area contributed by atoms with Crippen LogP contribution in [0.1, 0.15) is 22.3 Å². The first-order valence-electron chi connectivity index (χ1n) is 23.1. The standard InChI is InChI=1S/C64H41N3S/c1-4-17-42(18-5-1)44-31-33-45(34-32-44)61-65-62(48-22-16-21-46(39-48)43-19-6-2-7-20-43)67-63(66-61)54-28-11-10-25-51(54)47-35-37-59-55(40-47)56-41-50(36-38-60(56)68-59)64(49-23-8-3-9-24-49)57-29-14-12-26-52(57)53-27-13-15-30-58(53)64/h1-41H. The van der Waals surface area contributed by atoms with E-state index in [-0.39, 0.29) is 0 Å². The highest BCUT2D eigenvalue weighted by Crippen LogP contribution is 2.56. The Balaban J connectivity index is 0.966. The Morgan fingerprint density at radius 2 is 0.721 bits per heavy atom. The molecule has 12 aromatic rings. The zero-order valence-electron chi connectivity index (χ0n) is 36.9. The summed E-state index contributed by atoms with van der Waals surface area (Å²) >= 11 is 1.85. The average molecular weight is 884 g/mol. The van der Waals surface area contributed by atoms with Gasteiger partial charge in [0.1, 0.15) is 0 Å². The van der Waals surface area contributed by atoms with Crippen molar-refractivity contribution in [1.82, 2.24) is 15.0 Å². The molecule has 0 saturated heterocycles. The molecule has 1 aliphatic rings. The van der Waals surface area contributed by atoms with Crippen LogP contribution < -0.4 is 0 Å². The first kappa shape index (κ1) is 39.8. The fourth-order valence-corrected chi connectivity index (χ4v) is 11.6. The quantitative estimate of drug-likeness (QED) is 0.153. The lowest BCUT2D eigenvalue weighted by molar-refractivity contribution is 0.770. The van der Waals surface area contributed by atoms with E-state index in [4.69, 9.17) is 15.0 Å². The lowest BCUT2D eigenvalue weighted by Gasteiger charge is -2.34. The van der Waals surface area contributed by atoms with Crippen molar-refractivity contribution in [2.45, 2.75) is 5.41 Å². The Morgan fingerprint density at radius 3 is 1.40 bits per heavy atom. The summed E-state index contributed by atoms with van der Waals surface area (Å²) in [5, 5.41) is 2.48. The molecule has 1 aliphatic carbocycles. The van der Waals surface area contributed by atoms with Crippen LogP contribution in [0.5, 0.6) is 0 Å². The third-order valence-corrected chi connectivity index (χ3v) is 14.8. The van der Waals surface area contributed by atoms with Gasteiger partial charge in [0.15, 0.2) is 17.5 Å². The van der Waals surface area contributed by atoms with E-state index in [0.29, 0.717) is 17.5 Å². The van der Waals surface area contributed by atoms with Crippen LogP contribution in [-0.2, 0) is 5.41 Å². The molecule has 0 fully saturated rings. The predicted molar refractivity (Wildman–Crippen MR) is 283 cm³/mol. The molecule has 0 radical (unpaired) electrons. The molecular weight excluding hydrogens is 843 g/mol. The van der Waals surface area contributed by atoms with Crippen LogP contribution in [0.4, 0.5) is 0 Å². The smallest absolute Gasteiger partial charge is 0.164 e. The van der Waals surface area contributed by atoms with Gasteiger partial charge in [0.05, 0.1) is 5.41 Å². The lowest BCUT2D eigenvalue weighted by atomic mass is 9.67. The number of benzene rings is 10. The second-order valence-corrected chi connectivity index (χ2v) is 18.6. The lowest BCUT2D eigenvalue weighted by Crippen LogP contribution is -2.28. The van der Waals surface area contributed by atoms with Crippen LogP contribution in [0.15, 0.2) is 249 Å². The molecule has 0 saturated carbocycles. The average Bonchev–Trinajstić information content (AvgIpc) is 3.94. The number of hydrogen-bond acceptors (Lipinski definition) is 4. The van der Waals surface area contributed by atoms with E-state index in [1.54, 1.807) is 0 Å². The number of rotatable bonds is 8. The zero-order valence-corrected chi connectivity index (χ0v) is 37.7. The van der Waals surface area contributed by atoms with Gasteiger partial charge in [-0.1, -0.05) is 218 Å². The minimum Gasteiger partial charge on any atom is -0.208 e. The second kappa shape index (κ2) is 16.4. The van der Waals surface area contributed by atoms with Crippen molar-refractivity contribution in [3.05, 3.63) is 271 Å². The van der Waals surface area contributed by atoms with Crippen LogP contribution >= 0.6 is 11.3 Å². The van der Waals surface area contributed by atoms with Crippen molar-refractivity contribution < 1.29 is 0 Å². The molecule has 2 heterocycles. The van der Waals surface area contributed by atoms with Crippen LogP contribution in [-0.4, -0.2) is 15.0 Å². The summed E-state index contributed by atoms with van der Waals surface area (Å²) < 4.78 is 2.51. The normalized spacial score (nSPS) is 12.5. The molecule has 0 spiro atoms. The molecule has 4 heteroatoms. The minimum absolute atomic E-state index is 0.475. The Kier molecular flexibility index (Phi) is 9.59. The summed E-state index contributed by atoms with van der Waals surface area (Å²) in [7, 11) is 0. The monoisotopic (exact) mass is 883 g/mol. The maximum atomic E-state index is 5.30. The van der Waals surface area contributed by atoms with Gasteiger partial charge in [-0.05, 0) is 97.1 Å². The largest absolute Gasteiger partial charge is 0.208 e. The number of nitrogens with zero attached hydrogens (tertiary/aromatic N) is 3. The van der Waals surface area contributed by atoms with Crippen molar-refractivity contribution >= 4 is 31.5 Å². The van der Waals surface area contributed by atoms with Crippen molar-refractivity contribution in [3.63, 3.8) is 0 Å². The van der Waals surface area contributed by atoms with E-state index in [2.05, 4.69) is 237 Å². The maximum absolute atomic E-state index is 5.30. The van der Waals surface area contributed by atoms with Crippen LogP contribution in [0.3, 0.4) is 0 Å². The molecule has 0 unspecified atom stereocenters. The van der Waals surface area contributed by atoms with Crippen molar-refractivity contribution in [1.29, 1.82) is 0 Å². The predicted octanol–water partition coefficient (Wildman–Crippen LogP) is 16.6. The SMILES string of the molecule is c1ccc(-c2ccc(-c3nc(-c4cccc(-c5ccccc5)c4)nc(-c4ccccc4-c4ccc5sc6ccc(C7(c8ccccc8)c8ccccc8-c8ccccc87)cc6c5c4)n3)cc2)cc1. The van der Waals surface area contributed by atoms with E-state index >= 15 is 0 Å². The Labute approximate surface area is 399 Å². The Bertz CT molecular complexity index is 3800. The molecule has 318 valence electrons. The van der Waals surface area contributed by atoms with Crippen LogP contribution in [0.25, 0.3) is 98.8 Å². The molecule has 10 aromatic carbocycles. The van der Waals surface area contributed by atoms with E-state index in [1.165, 1.54) is 59.1 Å². The van der Waals surface area contributed by atoms with Crippen LogP contribution in [0.2, 0.25) is 0 Å². The third kappa shape index (κ3) is 6.60. The number of thiophene rings is 1. The Hall–Kier alpha value is -8.57. The Morgan fingerprint density at radius 1 is 0.265 bits per heavy atom. The van der Waals surface area contributed by atoms with Crippen molar-refractivity contribution in [2.24, 2.45) is 0 Å². The van der Waals surface area contributed by atoms with Crippen LogP contribution in [0, 0.1) is 0 Å². The third-order valence-electron chi connectivity index (χ3n) is 13.7. The van der Waals surface area contributed by atoms with Gasteiger partial charge >= 0.3 is 0 Å². The molecule has 2 aromatic heterocycles. The number of aromatic nitrogens is 3. The molecule has 0 atom stereocenters. The highest BCUT2D eigenvalue weighted by molar-refractivity contribution is 7.25. The first-order chi connectivity index (χ1) is 33.7. The highest BCUT2D eigenvalue weighted by atomic mass is 32.1. The van der Waals surface area contributed by atoms with E-state index in [1.807, 2.05) is 23.5 Å². The van der Waals surface area contributed by atoms with E-state index in [9.17, 15) is 0 Å². The summed E-state index contributed by atoms with van der Waals surface area (Å²) in [6, 6.07) is 89.5. The summed E-state index contributed by atoms with van der Waals surface area (Å²) in [5.41, 5.74) is 16.8. The number of hydrogen-bond donors (Lipinski definition) is 0. The summed E-state index contributed by atoms with van der Waals surface area (Å²) in [6.07, 6.45) is 0. The van der Waals surface area contributed by atoms with Gasteiger partial charge in [0, 0.05) is 36.9 Å². The van der Waals surface area contributed by atoms with Crippen molar-refractivity contribution in [3.8, 4) is 78.7 Å². The molecular formula is C64H41N3S. The fraction of sp³-hybridized carbons (Fsp3) is 0.0156. The van der Waals surface area contributed by atoms with Gasteiger partial charge in [-0.3, -0.25) is 0 Å². The maximum Gasteiger partial charge on any atom is 0.164 e. The second-order valence-electron chi connectivity index (χ2n) is 17.5. The van der Waals surface area contributed by atoms with Gasteiger partial charge in [0.25, 0.3) is 0 Å². The summed E-state index contributed by atoms with van der Waals surface area (Å²) in [6.45, 7) is 0. The molecule has 0 aliphatic heterocycles. The van der Waals surface area contributed by atoms with Crippen molar-refractivity contribution in [2.75, 3.05) is 0 Å². The van der Waals surface area contributed by atoms with E-state index in [0.717, 1.165) is 44.5 Å². The fourth-order valence-electron chi connectivity index (χ4n) is 10.5. The molecule has 0 bridgehead atoms. The molecule has 3 nitrogen and oxygen atoms in total. The van der Waals surface area contributed by atoms with Gasteiger partial charge in [-0.25, -0.2) is 15.0 Å². The topological polar surface area (TPSA) is 38.7 Å². The molecule has 13 rings (SSSR count). The van der Waals surface area contributed by atoms with E-state index < -0.39 is 5.41 Å². The molecule has 0 N–H and O–H groups in total. The zero-order chi connectivity index (χ0) is 45.0. The minimum atomic E-state index is -0.475. The highest BCUT2D eigenvalue weighted by Gasteiger charge is 2.46. The summed E-state index contributed by atoms with van der Waals surface area (Å²) in [4.78, 5) is 15.8. The van der Waals surface area contributed by atoms with Gasteiger partial charge in [-0.2, -0.15) is 0 Å². The van der Waals surface area contributed by atoms with Gasteiger partial charge < -0.3 is 0 Å².